The number of aromatic carboxylic acids is 1. The van der Waals surface area contributed by atoms with Crippen molar-refractivity contribution in [2.45, 2.75) is 13.0 Å². The van der Waals surface area contributed by atoms with E-state index >= 15 is 0 Å². The van der Waals surface area contributed by atoms with Crippen LogP contribution in [0.3, 0.4) is 0 Å². The van der Waals surface area contributed by atoms with Crippen molar-refractivity contribution in [3.05, 3.63) is 51.7 Å². The van der Waals surface area contributed by atoms with Crippen molar-refractivity contribution in [1.29, 1.82) is 0 Å². The van der Waals surface area contributed by atoms with E-state index in [9.17, 15) is 9.59 Å². The largest absolute Gasteiger partial charge is 0.477 e. The van der Waals surface area contributed by atoms with Gasteiger partial charge >= 0.3 is 5.97 Å². The summed E-state index contributed by atoms with van der Waals surface area (Å²) in [5.74, 6) is -1.34. The van der Waals surface area contributed by atoms with Gasteiger partial charge in [-0.25, -0.2) is 4.79 Å². The van der Waals surface area contributed by atoms with Crippen molar-refractivity contribution in [2.75, 3.05) is 5.73 Å². The van der Waals surface area contributed by atoms with E-state index in [0.717, 1.165) is 16.9 Å². The highest BCUT2D eigenvalue weighted by Crippen LogP contribution is 2.21. The van der Waals surface area contributed by atoms with Gasteiger partial charge in [0.15, 0.2) is 0 Å². The highest BCUT2D eigenvalue weighted by Gasteiger charge is 2.16. The van der Waals surface area contributed by atoms with Crippen LogP contribution in [0.2, 0.25) is 0 Å². The van der Waals surface area contributed by atoms with E-state index in [2.05, 4.69) is 5.32 Å². The molecule has 0 aliphatic carbocycles. The van der Waals surface area contributed by atoms with Crippen molar-refractivity contribution >= 4 is 28.9 Å². The number of nitrogen functional groups attached to an aromatic ring is 1. The van der Waals surface area contributed by atoms with Crippen molar-refractivity contribution in [3.8, 4) is 0 Å². The van der Waals surface area contributed by atoms with Gasteiger partial charge in [0.2, 0.25) is 0 Å². The van der Waals surface area contributed by atoms with Crippen molar-refractivity contribution < 1.29 is 14.7 Å². The molecule has 0 aliphatic heterocycles. The van der Waals surface area contributed by atoms with Gasteiger partial charge in [-0.15, -0.1) is 11.3 Å². The van der Waals surface area contributed by atoms with Crippen LogP contribution in [0, 0.1) is 0 Å². The molecule has 0 spiro atoms. The maximum absolute atomic E-state index is 12.0. The average Bonchev–Trinajstić information content (AvgIpc) is 2.88. The number of anilines is 1. The standard InChI is InChI=1S/C14H14N2O3S/c1-8(9-4-2-3-5-10(9)15)16-13(17)11-6-7-12(20-11)14(18)19/h2-8H,15H2,1H3,(H,16,17)(H,18,19). The van der Waals surface area contributed by atoms with E-state index in [1.165, 1.54) is 12.1 Å². The maximum Gasteiger partial charge on any atom is 0.345 e. The molecule has 20 heavy (non-hydrogen) atoms. The van der Waals surface area contributed by atoms with Gasteiger partial charge in [0.05, 0.1) is 10.9 Å². The molecule has 0 saturated heterocycles. The molecule has 1 aromatic heterocycles. The number of hydrogen-bond acceptors (Lipinski definition) is 4. The molecule has 0 bridgehead atoms. The Balaban J connectivity index is 2.11. The molecule has 0 radical (unpaired) electrons. The van der Waals surface area contributed by atoms with E-state index in [-0.39, 0.29) is 16.8 Å². The van der Waals surface area contributed by atoms with Crippen molar-refractivity contribution in [3.63, 3.8) is 0 Å². The summed E-state index contributed by atoms with van der Waals surface area (Å²) >= 11 is 0.948. The van der Waals surface area contributed by atoms with Gasteiger partial charge < -0.3 is 16.2 Å². The Labute approximate surface area is 120 Å². The van der Waals surface area contributed by atoms with E-state index in [4.69, 9.17) is 10.8 Å². The van der Waals surface area contributed by atoms with Gasteiger partial charge in [0, 0.05) is 5.69 Å². The number of carboxylic acid groups (broad SMARTS) is 1. The fourth-order valence-electron chi connectivity index (χ4n) is 1.83. The van der Waals surface area contributed by atoms with Gasteiger partial charge in [0.1, 0.15) is 4.88 Å². The number of nitrogens with two attached hydrogens (primary N) is 1. The molecule has 0 aliphatic rings. The summed E-state index contributed by atoms with van der Waals surface area (Å²) in [6, 6.07) is 9.96. The molecule has 1 unspecified atom stereocenters. The second-order valence-corrected chi connectivity index (χ2v) is 5.38. The van der Waals surface area contributed by atoms with Crippen LogP contribution >= 0.6 is 11.3 Å². The first-order valence-corrected chi connectivity index (χ1v) is 6.79. The third-order valence-corrected chi connectivity index (χ3v) is 3.92. The topological polar surface area (TPSA) is 92.4 Å². The van der Waals surface area contributed by atoms with Crippen LogP contribution in [-0.4, -0.2) is 17.0 Å². The monoisotopic (exact) mass is 290 g/mol. The zero-order valence-electron chi connectivity index (χ0n) is 10.8. The lowest BCUT2D eigenvalue weighted by Gasteiger charge is -2.15. The normalized spacial score (nSPS) is 11.8. The SMILES string of the molecule is CC(NC(=O)c1ccc(C(=O)O)s1)c1ccccc1N. The number of rotatable bonds is 4. The zero-order valence-corrected chi connectivity index (χ0v) is 11.6. The van der Waals surface area contributed by atoms with E-state index in [1.54, 1.807) is 6.07 Å². The highest BCUT2D eigenvalue weighted by molar-refractivity contribution is 7.15. The van der Waals surface area contributed by atoms with Gasteiger partial charge in [-0.3, -0.25) is 4.79 Å². The second kappa shape index (κ2) is 5.75. The molecule has 104 valence electrons. The molecule has 0 fully saturated rings. The number of carboxylic acids is 1. The van der Waals surface area contributed by atoms with E-state index in [1.807, 2.05) is 25.1 Å². The predicted octanol–water partition coefficient (Wildman–Crippen LogP) is 2.52. The molecule has 4 N–H and O–H groups in total. The number of para-hydroxylation sites is 1. The molecule has 1 atom stereocenters. The number of amides is 1. The summed E-state index contributed by atoms with van der Waals surface area (Å²) < 4.78 is 0. The zero-order chi connectivity index (χ0) is 14.7. The summed E-state index contributed by atoms with van der Waals surface area (Å²) in [5.41, 5.74) is 7.29. The number of carbonyl (C=O) groups is 2. The van der Waals surface area contributed by atoms with Crippen LogP contribution < -0.4 is 11.1 Å². The third-order valence-electron chi connectivity index (χ3n) is 2.85. The fourth-order valence-corrected chi connectivity index (χ4v) is 2.57. The Bertz CT molecular complexity index is 651. The molecule has 2 rings (SSSR count). The average molecular weight is 290 g/mol. The van der Waals surface area contributed by atoms with Crippen LogP contribution in [0.5, 0.6) is 0 Å². The molecule has 5 nitrogen and oxygen atoms in total. The predicted molar refractivity (Wildman–Crippen MR) is 78.0 cm³/mol. The van der Waals surface area contributed by atoms with Crippen LogP contribution in [0.15, 0.2) is 36.4 Å². The Morgan fingerprint density at radius 1 is 1.20 bits per heavy atom. The van der Waals surface area contributed by atoms with Gasteiger partial charge in [0.25, 0.3) is 5.91 Å². The first-order valence-electron chi connectivity index (χ1n) is 5.97. The third kappa shape index (κ3) is 2.97. The van der Waals surface area contributed by atoms with E-state index < -0.39 is 5.97 Å². The Morgan fingerprint density at radius 2 is 1.85 bits per heavy atom. The van der Waals surface area contributed by atoms with Crippen LogP contribution in [0.1, 0.15) is 37.9 Å². The first-order chi connectivity index (χ1) is 9.49. The quantitative estimate of drug-likeness (QED) is 0.754. The summed E-state index contributed by atoms with van der Waals surface area (Å²) in [7, 11) is 0. The molecule has 1 aromatic carbocycles. The van der Waals surface area contributed by atoms with Gasteiger partial charge in [-0.1, -0.05) is 18.2 Å². The molecular formula is C14H14N2O3S. The lowest BCUT2D eigenvalue weighted by Crippen LogP contribution is -2.26. The second-order valence-electron chi connectivity index (χ2n) is 4.29. The molecule has 6 heteroatoms. The van der Waals surface area contributed by atoms with Gasteiger partial charge in [-0.2, -0.15) is 0 Å². The lowest BCUT2D eigenvalue weighted by molar-refractivity contribution is 0.0702. The number of hydrogen-bond donors (Lipinski definition) is 3. The molecular weight excluding hydrogens is 276 g/mol. The smallest absolute Gasteiger partial charge is 0.345 e. The summed E-state index contributed by atoms with van der Waals surface area (Å²) in [6.07, 6.45) is 0. The maximum atomic E-state index is 12.0. The Hall–Kier alpha value is -2.34. The van der Waals surface area contributed by atoms with E-state index in [0.29, 0.717) is 10.6 Å². The van der Waals surface area contributed by atoms with Crippen LogP contribution in [0.4, 0.5) is 5.69 Å². The minimum Gasteiger partial charge on any atom is -0.477 e. The molecule has 2 aromatic rings. The Kier molecular flexibility index (Phi) is 4.05. The summed E-state index contributed by atoms with van der Waals surface area (Å²) in [4.78, 5) is 23.3. The number of nitrogens with one attached hydrogen (secondary N) is 1. The number of carbonyl (C=O) groups excluding carboxylic acids is 1. The first kappa shape index (κ1) is 14.1. The molecule has 1 amide bonds. The Morgan fingerprint density at radius 3 is 2.45 bits per heavy atom. The lowest BCUT2D eigenvalue weighted by atomic mass is 10.1. The fraction of sp³-hybridized carbons (Fsp3) is 0.143. The number of thiophene rings is 1. The molecule has 0 saturated carbocycles. The number of benzene rings is 1. The van der Waals surface area contributed by atoms with Crippen molar-refractivity contribution in [1.82, 2.24) is 5.32 Å². The van der Waals surface area contributed by atoms with Gasteiger partial charge in [-0.05, 0) is 30.7 Å². The summed E-state index contributed by atoms with van der Waals surface area (Å²) in [6.45, 7) is 1.83. The van der Waals surface area contributed by atoms with Crippen molar-refractivity contribution in [2.24, 2.45) is 0 Å². The van der Waals surface area contributed by atoms with Crippen LogP contribution in [0.25, 0.3) is 0 Å². The molecule has 1 heterocycles. The minimum atomic E-state index is -1.03. The highest BCUT2D eigenvalue weighted by atomic mass is 32.1. The minimum absolute atomic E-state index is 0.141. The van der Waals surface area contributed by atoms with Crippen LogP contribution in [-0.2, 0) is 0 Å². The summed E-state index contributed by atoms with van der Waals surface area (Å²) in [5, 5.41) is 11.6.